The van der Waals surface area contributed by atoms with Crippen molar-refractivity contribution >= 4 is 44.9 Å². The van der Waals surface area contributed by atoms with Gasteiger partial charge in [0.1, 0.15) is 0 Å². The minimum absolute atomic E-state index is 0.300. The summed E-state index contributed by atoms with van der Waals surface area (Å²) in [6.45, 7) is 4.31. The number of carbonyl (C=O) groups excluding carboxylic acids is 2. The number of nitrogens with zero attached hydrogens (tertiary/aromatic N) is 1. The second-order valence-corrected chi connectivity index (χ2v) is 9.30. The van der Waals surface area contributed by atoms with Gasteiger partial charge in [0.15, 0.2) is 11.4 Å². The Balaban J connectivity index is 1.71. The van der Waals surface area contributed by atoms with E-state index in [1.165, 1.54) is 4.90 Å². The van der Waals surface area contributed by atoms with Crippen molar-refractivity contribution in [3.63, 3.8) is 0 Å². The van der Waals surface area contributed by atoms with E-state index in [1.54, 1.807) is 42.5 Å². The van der Waals surface area contributed by atoms with Gasteiger partial charge in [-0.2, -0.15) is 0 Å². The Morgan fingerprint density at radius 1 is 1.06 bits per heavy atom. The fraction of sp³-hybridized carbons (Fsp3) is 0.200. The number of benzene rings is 3. The number of amides is 1. The van der Waals surface area contributed by atoms with Crippen molar-refractivity contribution in [3.05, 3.63) is 98.0 Å². The van der Waals surface area contributed by atoms with Crippen molar-refractivity contribution in [2.75, 3.05) is 4.90 Å². The van der Waals surface area contributed by atoms with E-state index in [2.05, 4.69) is 22.0 Å². The van der Waals surface area contributed by atoms with Crippen LogP contribution in [0, 0.1) is 13.8 Å². The number of anilines is 1. The molecule has 0 fully saturated rings. The fourth-order valence-electron chi connectivity index (χ4n) is 4.01. The van der Waals surface area contributed by atoms with Gasteiger partial charge in [0.2, 0.25) is 0 Å². The van der Waals surface area contributed by atoms with Crippen LogP contribution >= 0.6 is 27.5 Å². The van der Waals surface area contributed by atoms with Crippen LogP contribution in [0.4, 0.5) is 5.69 Å². The van der Waals surface area contributed by atoms with E-state index in [-0.39, 0.29) is 12.2 Å². The van der Waals surface area contributed by atoms with Gasteiger partial charge in [0, 0.05) is 20.6 Å². The van der Waals surface area contributed by atoms with Crippen molar-refractivity contribution in [3.8, 4) is 0 Å². The molecule has 0 spiro atoms. The number of carbonyl (C=O) groups is 2. The number of hydrogen-bond donors (Lipinski definition) is 1. The van der Waals surface area contributed by atoms with Crippen molar-refractivity contribution in [1.29, 1.82) is 0 Å². The van der Waals surface area contributed by atoms with E-state index in [0.29, 0.717) is 28.4 Å². The molecule has 1 unspecified atom stereocenters. The predicted molar refractivity (Wildman–Crippen MR) is 126 cm³/mol. The van der Waals surface area contributed by atoms with Gasteiger partial charge in [-0.1, -0.05) is 63.4 Å². The standard InChI is InChI=1S/C25H21BrClNO3/c1-15-3-4-18(16(2)11-15)14-28-22-10-9-20(27)12-21(22)25(31,24(28)30)13-23(29)17-5-7-19(26)8-6-17/h3-12,31H,13-14H2,1-2H3. The molecule has 0 saturated heterocycles. The molecule has 4 rings (SSSR count). The lowest BCUT2D eigenvalue weighted by Crippen LogP contribution is -2.41. The molecule has 0 radical (unpaired) electrons. The minimum atomic E-state index is -1.97. The smallest absolute Gasteiger partial charge is 0.264 e. The topological polar surface area (TPSA) is 57.6 Å². The van der Waals surface area contributed by atoms with Gasteiger partial charge < -0.3 is 10.0 Å². The molecule has 158 valence electrons. The average Bonchev–Trinajstić information content (AvgIpc) is 2.92. The summed E-state index contributed by atoms with van der Waals surface area (Å²) in [5.74, 6) is -0.835. The lowest BCUT2D eigenvalue weighted by atomic mass is 9.88. The van der Waals surface area contributed by atoms with Crippen LogP contribution in [-0.2, 0) is 16.9 Å². The van der Waals surface area contributed by atoms with Crippen LogP contribution in [0.1, 0.15) is 39.0 Å². The maximum Gasteiger partial charge on any atom is 0.264 e. The van der Waals surface area contributed by atoms with Gasteiger partial charge in [0.25, 0.3) is 5.91 Å². The zero-order chi connectivity index (χ0) is 22.3. The lowest BCUT2D eigenvalue weighted by Gasteiger charge is -2.23. The third-order valence-electron chi connectivity index (χ3n) is 5.70. The highest BCUT2D eigenvalue weighted by molar-refractivity contribution is 9.10. The number of hydrogen-bond acceptors (Lipinski definition) is 3. The van der Waals surface area contributed by atoms with E-state index >= 15 is 0 Å². The number of fused-ring (bicyclic) bond motifs is 1. The first-order valence-corrected chi connectivity index (χ1v) is 11.1. The Kier molecular flexibility index (Phi) is 5.77. The van der Waals surface area contributed by atoms with Crippen molar-refractivity contribution in [1.82, 2.24) is 0 Å². The molecule has 1 N–H and O–H groups in total. The lowest BCUT2D eigenvalue weighted by molar-refractivity contribution is -0.136. The van der Waals surface area contributed by atoms with Crippen LogP contribution in [0.5, 0.6) is 0 Å². The Labute approximate surface area is 194 Å². The quantitative estimate of drug-likeness (QED) is 0.457. The Morgan fingerprint density at radius 3 is 2.45 bits per heavy atom. The summed E-state index contributed by atoms with van der Waals surface area (Å²) in [7, 11) is 0. The van der Waals surface area contributed by atoms with E-state index in [9.17, 15) is 14.7 Å². The molecule has 1 atom stereocenters. The highest BCUT2D eigenvalue weighted by atomic mass is 79.9. The van der Waals surface area contributed by atoms with Crippen molar-refractivity contribution < 1.29 is 14.7 Å². The SMILES string of the molecule is Cc1ccc(CN2C(=O)C(O)(CC(=O)c3ccc(Br)cc3)c3cc(Cl)ccc32)c(C)c1. The summed E-state index contributed by atoms with van der Waals surface area (Å²) in [4.78, 5) is 27.9. The molecule has 0 aromatic heterocycles. The van der Waals surface area contributed by atoms with Crippen LogP contribution in [0.2, 0.25) is 5.02 Å². The maximum absolute atomic E-state index is 13.5. The molecule has 1 aliphatic rings. The van der Waals surface area contributed by atoms with Gasteiger partial charge in [-0.25, -0.2) is 0 Å². The van der Waals surface area contributed by atoms with Crippen LogP contribution in [0.3, 0.4) is 0 Å². The van der Waals surface area contributed by atoms with Crippen LogP contribution < -0.4 is 4.90 Å². The van der Waals surface area contributed by atoms with Crippen molar-refractivity contribution in [2.45, 2.75) is 32.4 Å². The highest BCUT2D eigenvalue weighted by Crippen LogP contribution is 2.45. The molecule has 4 nitrogen and oxygen atoms in total. The van der Waals surface area contributed by atoms with Gasteiger partial charge >= 0.3 is 0 Å². The summed E-state index contributed by atoms with van der Waals surface area (Å²) in [5, 5.41) is 11.9. The van der Waals surface area contributed by atoms with E-state index in [0.717, 1.165) is 21.2 Å². The molecule has 1 heterocycles. The van der Waals surface area contributed by atoms with E-state index in [1.807, 2.05) is 26.0 Å². The third-order valence-corrected chi connectivity index (χ3v) is 6.47. The number of Topliss-reactive ketones (excluding diaryl/α,β-unsaturated/α-hetero) is 1. The maximum atomic E-state index is 13.5. The summed E-state index contributed by atoms with van der Waals surface area (Å²) in [6.07, 6.45) is -0.357. The molecule has 0 bridgehead atoms. The molecule has 6 heteroatoms. The number of aryl methyl sites for hydroxylation is 2. The summed E-state index contributed by atoms with van der Waals surface area (Å²) < 4.78 is 0.844. The number of aliphatic hydroxyl groups is 1. The molecular formula is C25H21BrClNO3. The molecule has 3 aromatic carbocycles. The Hall–Kier alpha value is -2.47. The molecule has 0 saturated carbocycles. The molecule has 1 amide bonds. The first-order chi connectivity index (χ1) is 14.7. The molecule has 3 aromatic rings. The third kappa shape index (κ3) is 4.05. The minimum Gasteiger partial charge on any atom is -0.375 e. The van der Waals surface area contributed by atoms with Gasteiger partial charge in [-0.05, 0) is 55.3 Å². The predicted octanol–water partition coefficient (Wildman–Crippen LogP) is 5.73. The monoisotopic (exact) mass is 497 g/mol. The van der Waals surface area contributed by atoms with Crippen LogP contribution in [0.15, 0.2) is 65.1 Å². The number of rotatable bonds is 5. The average molecular weight is 499 g/mol. The zero-order valence-electron chi connectivity index (χ0n) is 17.2. The fourth-order valence-corrected chi connectivity index (χ4v) is 4.45. The summed E-state index contributed by atoms with van der Waals surface area (Å²) >= 11 is 9.53. The molecule has 0 aliphatic carbocycles. The second-order valence-electron chi connectivity index (χ2n) is 7.95. The van der Waals surface area contributed by atoms with Gasteiger partial charge in [-0.15, -0.1) is 0 Å². The Morgan fingerprint density at radius 2 is 1.77 bits per heavy atom. The first-order valence-electron chi connectivity index (χ1n) is 9.88. The van der Waals surface area contributed by atoms with E-state index < -0.39 is 11.5 Å². The second kappa shape index (κ2) is 8.23. The first kappa shape index (κ1) is 21.8. The summed E-state index contributed by atoms with van der Waals surface area (Å²) in [6, 6.07) is 17.9. The largest absolute Gasteiger partial charge is 0.375 e. The van der Waals surface area contributed by atoms with Gasteiger partial charge in [-0.3, -0.25) is 9.59 Å². The number of ketones is 1. The van der Waals surface area contributed by atoms with E-state index in [4.69, 9.17) is 11.6 Å². The van der Waals surface area contributed by atoms with Gasteiger partial charge in [0.05, 0.1) is 18.7 Å². The van der Waals surface area contributed by atoms with Crippen LogP contribution in [-0.4, -0.2) is 16.8 Å². The molecular weight excluding hydrogens is 478 g/mol. The Bertz CT molecular complexity index is 1190. The molecule has 31 heavy (non-hydrogen) atoms. The normalized spacial score (nSPS) is 17.7. The highest BCUT2D eigenvalue weighted by Gasteiger charge is 2.51. The van der Waals surface area contributed by atoms with Crippen molar-refractivity contribution in [2.24, 2.45) is 0 Å². The zero-order valence-corrected chi connectivity index (χ0v) is 19.5. The van der Waals surface area contributed by atoms with Crippen LogP contribution in [0.25, 0.3) is 0 Å². The molecule has 1 aliphatic heterocycles. The summed E-state index contributed by atoms with van der Waals surface area (Å²) in [5.41, 5.74) is 2.57. The number of halogens is 2.